The Morgan fingerprint density at radius 1 is 1.28 bits per heavy atom. The number of benzene rings is 1. The normalized spacial score (nSPS) is 13.2. The van der Waals surface area contributed by atoms with Crippen LogP contribution in [0.15, 0.2) is 24.3 Å². The van der Waals surface area contributed by atoms with Gasteiger partial charge < -0.3 is 15.3 Å². The lowest BCUT2D eigenvalue weighted by Crippen LogP contribution is -2.25. The van der Waals surface area contributed by atoms with Crippen LogP contribution in [0.2, 0.25) is 0 Å². The average molecular weight is 274 g/mol. The molecule has 1 atom stereocenters. The van der Waals surface area contributed by atoms with Crippen molar-refractivity contribution in [3.63, 3.8) is 0 Å². The largest absolute Gasteiger partial charge is 0.478 e. The molecular formula is C11H14O6S. The molecule has 100 valence electrons. The number of hydrogen-bond donors (Lipinski definition) is 3. The molecule has 18 heavy (non-hydrogen) atoms. The fourth-order valence-electron chi connectivity index (χ4n) is 1.50. The first kappa shape index (κ1) is 14.6. The number of sulfone groups is 1. The zero-order valence-electron chi connectivity index (χ0n) is 9.48. The zero-order chi connectivity index (χ0) is 13.8. The van der Waals surface area contributed by atoms with Crippen molar-refractivity contribution in [3.05, 3.63) is 35.4 Å². The average Bonchev–Trinajstić information content (AvgIpc) is 2.28. The fraction of sp³-hybridized carbons (Fsp3) is 0.364. The van der Waals surface area contributed by atoms with Crippen molar-refractivity contribution >= 4 is 15.8 Å². The molecule has 0 amide bonds. The molecule has 0 aliphatic carbocycles. The van der Waals surface area contributed by atoms with Crippen LogP contribution in [0.4, 0.5) is 0 Å². The molecule has 0 saturated heterocycles. The van der Waals surface area contributed by atoms with Crippen molar-refractivity contribution in [3.8, 4) is 0 Å². The third-order valence-corrected chi connectivity index (χ3v) is 3.92. The lowest BCUT2D eigenvalue weighted by molar-refractivity contribution is 0.0696. The maximum atomic E-state index is 11.7. The summed E-state index contributed by atoms with van der Waals surface area (Å²) >= 11 is 0. The molecule has 0 aromatic heterocycles. The summed E-state index contributed by atoms with van der Waals surface area (Å²) in [6.07, 6.45) is -1.35. The Morgan fingerprint density at radius 2 is 1.89 bits per heavy atom. The number of carbonyl (C=O) groups is 1. The van der Waals surface area contributed by atoms with Gasteiger partial charge in [-0.3, -0.25) is 0 Å². The number of carboxylic acid groups (broad SMARTS) is 1. The van der Waals surface area contributed by atoms with E-state index in [4.69, 9.17) is 15.3 Å². The first-order valence-corrected chi connectivity index (χ1v) is 6.98. The molecule has 1 aromatic carbocycles. The van der Waals surface area contributed by atoms with Crippen molar-refractivity contribution < 1.29 is 28.5 Å². The standard InChI is InChI=1S/C11H14O6S/c12-5-9(13)7-18(16,17)6-8-3-1-2-4-10(8)11(14)15/h1-4,9,12-13H,5-7H2,(H,14,15). The molecule has 1 aromatic rings. The molecule has 0 spiro atoms. The minimum Gasteiger partial charge on any atom is -0.478 e. The molecule has 7 heteroatoms. The maximum Gasteiger partial charge on any atom is 0.335 e. The van der Waals surface area contributed by atoms with Gasteiger partial charge in [0.25, 0.3) is 0 Å². The Bertz CT molecular complexity index is 522. The van der Waals surface area contributed by atoms with Crippen LogP contribution in [0.1, 0.15) is 15.9 Å². The Labute approximate surface area is 104 Å². The lowest BCUT2D eigenvalue weighted by atomic mass is 10.1. The number of rotatable bonds is 6. The van der Waals surface area contributed by atoms with E-state index in [-0.39, 0.29) is 11.1 Å². The van der Waals surface area contributed by atoms with E-state index in [0.29, 0.717) is 0 Å². The SMILES string of the molecule is O=C(O)c1ccccc1CS(=O)(=O)CC(O)CO. The quantitative estimate of drug-likeness (QED) is 0.654. The molecule has 0 radical (unpaired) electrons. The predicted molar refractivity (Wildman–Crippen MR) is 64.0 cm³/mol. The summed E-state index contributed by atoms with van der Waals surface area (Å²) in [5.74, 6) is -2.28. The van der Waals surface area contributed by atoms with E-state index in [0.717, 1.165) is 0 Å². The summed E-state index contributed by atoms with van der Waals surface area (Å²) in [5.41, 5.74) is 0.0784. The number of aromatic carboxylic acids is 1. The Hall–Kier alpha value is -1.44. The molecule has 0 aliphatic heterocycles. The van der Waals surface area contributed by atoms with E-state index in [1.807, 2.05) is 0 Å². The van der Waals surface area contributed by atoms with Gasteiger partial charge >= 0.3 is 5.97 Å². The molecule has 0 fully saturated rings. The van der Waals surface area contributed by atoms with Crippen molar-refractivity contribution in [2.24, 2.45) is 0 Å². The number of aliphatic hydroxyl groups is 2. The van der Waals surface area contributed by atoms with Gasteiger partial charge in [0.05, 0.1) is 29.8 Å². The summed E-state index contributed by atoms with van der Waals surface area (Å²) in [6, 6.07) is 5.77. The topological polar surface area (TPSA) is 112 Å². The first-order valence-electron chi connectivity index (χ1n) is 5.16. The van der Waals surface area contributed by atoms with Gasteiger partial charge in [0, 0.05) is 0 Å². The Morgan fingerprint density at radius 3 is 2.44 bits per heavy atom. The number of carboxylic acids is 1. The molecule has 0 aliphatic rings. The summed E-state index contributed by atoms with van der Waals surface area (Å²) in [6.45, 7) is -0.653. The van der Waals surface area contributed by atoms with E-state index in [1.54, 1.807) is 6.07 Å². The van der Waals surface area contributed by atoms with Crippen molar-refractivity contribution in [1.82, 2.24) is 0 Å². The first-order chi connectivity index (χ1) is 8.35. The highest BCUT2D eigenvalue weighted by atomic mass is 32.2. The lowest BCUT2D eigenvalue weighted by Gasteiger charge is -2.10. The summed E-state index contributed by atoms with van der Waals surface area (Å²) in [5, 5.41) is 26.6. The van der Waals surface area contributed by atoms with E-state index in [9.17, 15) is 13.2 Å². The third-order valence-electron chi connectivity index (χ3n) is 2.28. The van der Waals surface area contributed by atoms with Crippen LogP contribution in [0.25, 0.3) is 0 Å². The van der Waals surface area contributed by atoms with Crippen LogP contribution in [0, 0.1) is 0 Å². The second-order valence-corrected chi connectivity index (χ2v) is 5.96. The Balaban J connectivity index is 2.94. The van der Waals surface area contributed by atoms with Crippen LogP contribution in [0.5, 0.6) is 0 Å². The highest BCUT2D eigenvalue weighted by Crippen LogP contribution is 2.13. The molecule has 0 saturated carbocycles. The predicted octanol–water partition coefficient (Wildman–Crippen LogP) is -0.347. The summed E-state index contributed by atoms with van der Waals surface area (Å²) in [4.78, 5) is 10.9. The van der Waals surface area contributed by atoms with Gasteiger partial charge in [-0.1, -0.05) is 18.2 Å². The minimum absolute atomic E-state index is 0.0837. The van der Waals surface area contributed by atoms with Gasteiger partial charge in [-0.2, -0.15) is 0 Å². The second-order valence-electron chi connectivity index (χ2n) is 3.85. The van der Waals surface area contributed by atoms with Gasteiger partial charge in [0.2, 0.25) is 0 Å². The highest BCUT2D eigenvalue weighted by molar-refractivity contribution is 7.90. The highest BCUT2D eigenvalue weighted by Gasteiger charge is 2.20. The van der Waals surface area contributed by atoms with Crippen LogP contribution >= 0.6 is 0 Å². The smallest absolute Gasteiger partial charge is 0.335 e. The summed E-state index contributed by atoms with van der Waals surface area (Å²) < 4.78 is 23.4. The zero-order valence-corrected chi connectivity index (χ0v) is 10.3. The van der Waals surface area contributed by atoms with Crippen LogP contribution in [-0.4, -0.2) is 48.2 Å². The molecule has 1 rings (SSSR count). The van der Waals surface area contributed by atoms with Gasteiger partial charge in [-0.25, -0.2) is 13.2 Å². The molecular weight excluding hydrogens is 260 g/mol. The van der Waals surface area contributed by atoms with Gasteiger partial charge in [0.1, 0.15) is 0 Å². The molecule has 1 unspecified atom stereocenters. The van der Waals surface area contributed by atoms with Crippen LogP contribution in [-0.2, 0) is 15.6 Å². The molecule has 0 heterocycles. The summed E-state index contributed by atoms with van der Waals surface area (Å²) in [7, 11) is -3.68. The molecule has 6 nitrogen and oxygen atoms in total. The number of hydrogen-bond acceptors (Lipinski definition) is 5. The van der Waals surface area contributed by atoms with Crippen molar-refractivity contribution in [2.75, 3.05) is 12.4 Å². The van der Waals surface area contributed by atoms with E-state index in [2.05, 4.69) is 0 Å². The van der Waals surface area contributed by atoms with E-state index < -0.39 is 40.0 Å². The third kappa shape index (κ3) is 4.10. The van der Waals surface area contributed by atoms with Gasteiger partial charge in [0.15, 0.2) is 9.84 Å². The Kier molecular flexibility index (Phi) is 4.83. The van der Waals surface area contributed by atoms with Crippen molar-refractivity contribution in [2.45, 2.75) is 11.9 Å². The second kappa shape index (κ2) is 5.94. The van der Waals surface area contributed by atoms with Gasteiger partial charge in [-0.05, 0) is 11.6 Å². The molecule has 0 bridgehead atoms. The van der Waals surface area contributed by atoms with Gasteiger partial charge in [-0.15, -0.1) is 0 Å². The maximum absolute atomic E-state index is 11.7. The monoisotopic (exact) mass is 274 g/mol. The fourth-order valence-corrected chi connectivity index (χ4v) is 3.03. The van der Waals surface area contributed by atoms with E-state index in [1.165, 1.54) is 18.2 Å². The molecule has 3 N–H and O–H groups in total. The van der Waals surface area contributed by atoms with Crippen LogP contribution < -0.4 is 0 Å². The van der Waals surface area contributed by atoms with E-state index >= 15 is 0 Å². The number of aliphatic hydroxyl groups excluding tert-OH is 2. The minimum atomic E-state index is -3.68. The van der Waals surface area contributed by atoms with Crippen molar-refractivity contribution in [1.29, 1.82) is 0 Å². The van der Waals surface area contributed by atoms with Crippen LogP contribution in [0.3, 0.4) is 0 Å².